The number of aryl methyl sites for hydroxylation is 2. The third-order valence-corrected chi connectivity index (χ3v) is 4.27. The van der Waals surface area contributed by atoms with Crippen molar-refractivity contribution >= 4 is 17.5 Å². The zero-order chi connectivity index (χ0) is 17.5. The molecule has 1 aromatic heterocycles. The second-order valence-electron chi connectivity index (χ2n) is 5.88. The van der Waals surface area contributed by atoms with Crippen LogP contribution in [0.25, 0.3) is 0 Å². The molecule has 1 aromatic carbocycles. The summed E-state index contributed by atoms with van der Waals surface area (Å²) in [5.74, 6) is 0.858. The minimum atomic E-state index is 0.00824. The Bertz CT molecular complexity index is 648. The van der Waals surface area contributed by atoms with E-state index in [1.165, 1.54) is 5.56 Å². The summed E-state index contributed by atoms with van der Waals surface area (Å²) in [5, 5.41) is 7.07. The molecule has 24 heavy (non-hydrogen) atoms. The first-order valence-electron chi connectivity index (χ1n) is 8.02. The van der Waals surface area contributed by atoms with Crippen molar-refractivity contribution in [1.29, 1.82) is 0 Å². The molecular weight excluding hydrogens is 328 g/mol. The number of methoxy groups -OCH3 is 1. The molecule has 5 nitrogen and oxygen atoms in total. The first kappa shape index (κ1) is 18.3. The number of carbonyl (C=O) groups is 1. The largest absolute Gasteiger partial charge is 0.497 e. The molecule has 0 saturated carbocycles. The molecule has 0 spiro atoms. The Morgan fingerprint density at radius 1 is 1.33 bits per heavy atom. The summed E-state index contributed by atoms with van der Waals surface area (Å²) in [5.41, 5.74) is 2.77. The van der Waals surface area contributed by atoms with E-state index >= 15 is 0 Å². The van der Waals surface area contributed by atoms with Gasteiger partial charge < -0.3 is 14.6 Å². The third kappa shape index (κ3) is 5.27. The van der Waals surface area contributed by atoms with Crippen molar-refractivity contribution in [2.45, 2.75) is 45.6 Å². The summed E-state index contributed by atoms with van der Waals surface area (Å²) in [6.07, 6.45) is 2.69. The number of nitrogens with one attached hydrogen (secondary N) is 1. The van der Waals surface area contributed by atoms with Gasteiger partial charge in [-0.15, -0.1) is 0 Å². The SMILES string of the molecule is COc1ccc(CCC(C)NC(=O)CCc2c(C)noc2Cl)cc1. The molecule has 1 atom stereocenters. The van der Waals surface area contributed by atoms with Gasteiger partial charge in [0.2, 0.25) is 11.1 Å². The van der Waals surface area contributed by atoms with Gasteiger partial charge in [0.25, 0.3) is 0 Å². The highest BCUT2D eigenvalue weighted by Gasteiger charge is 2.14. The standard InChI is InChI=1S/C18H23ClN2O3/c1-12(4-5-14-6-8-15(23-3)9-7-14)20-17(22)11-10-16-13(2)21-24-18(16)19/h6-9,12H,4-5,10-11H2,1-3H3,(H,20,22). The van der Waals surface area contributed by atoms with Crippen LogP contribution in [0.1, 0.15) is 36.6 Å². The highest BCUT2D eigenvalue weighted by Crippen LogP contribution is 2.20. The molecule has 1 heterocycles. The Balaban J connectivity index is 1.73. The molecule has 1 unspecified atom stereocenters. The molecule has 6 heteroatoms. The predicted octanol–water partition coefficient (Wildman–Crippen LogP) is 3.72. The van der Waals surface area contributed by atoms with Gasteiger partial charge in [0.05, 0.1) is 12.8 Å². The van der Waals surface area contributed by atoms with Crippen LogP contribution in [0.15, 0.2) is 28.8 Å². The maximum atomic E-state index is 12.0. The molecule has 2 rings (SSSR count). The molecule has 1 amide bonds. The molecule has 0 bridgehead atoms. The Hall–Kier alpha value is -2.01. The third-order valence-electron chi connectivity index (χ3n) is 3.97. The van der Waals surface area contributed by atoms with Gasteiger partial charge in [0, 0.05) is 18.0 Å². The second-order valence-corrected chi connectivity index (χ2v) is 6.22. The molecule has 2 aromatic rings. The van der Waals surface area contributed by atoms with Crippen molar-refractivity contribution in [3.8, 4) is 5.75 Å². The molecule has 130 valence electrons. The Morgan fingerprint density at radius 2 is 2.04 bits per heavy atom. The smallest absolute Gasteiger partial charge is 0.229 e. The van der Waals surface area contributed by atoms with Crippen LogP contribution in [0.4, 0.5) is 0 Å². The summed E-state index contributed by atoms with van der Waals surface area (Å²) < 4.78 is 10.0. The fourth-order valence-electron chi connectivity index (χ4n) is 2.47. The second kappa shape index (κ2) is 8.73. The van der Waals surface area contributed by atoms with E-state index in [9.17, 15) is 4.79 Å². The van der Waals surface area contributed by atoms with E-state index in [2.05, 4.69) is 10.5 Å². The molecule has 1 N–H and O–H groups in total. The fraction of sp³-hybridized carbons (Fsp3) is 0.444. The van der Waals surface area contributed by atoms with Gasteiger partial charge in [0.15, 0.2) is 0 Å². The van der Waals surface area contributed by atoms with Crippen LogP contribution in [0.2, 0.25) is 5.22 Å². The lowest BCUT2D eigenvalue weighted by Gasteiger charge is -2.14. The van der Waals surface area contributed by atoms with Crippen molar-refractivity contribution < 1.29 is 14.1 Å². The average molecular weight is 351 g/mol. The average Bonchev–Trinajstić information content (AvgIpc) is 2.90. The van der Waals surface area contributed by atoms with Crippen molar-refractivity contribution in [3.63, 3.8) is 0 Å². The number of nitrogens with zero attached hydrogens (tertiary/aromatic N) is 1. The lowest BCUT2D eigenvalue weighted by molar-refractivity contribution is -0.121. The highest BCUT2D eigenvalue weighted by molar-refractivity contribution is 6.29. The van der Waals surface area contributed by atoms with Crippen molar-refractivity contribution in [3.05, 3.63) is 46.3 Å². The van der Waals surface area contributed by atoms with Crippen LogP contribution in [0.3, 0.4) is 0 Å². The Morgan fingerprint density at radius 3 is 2.62 bits per heavy atom. The molecule has 0 radical (unpaired) electrons. The number of aromatic nitrogens is 1. The van der Waals surface area contributed by atoms with Gasteiger partial charge in [-0.25, -0.2) is 0 Å². The predicted molar refractivity (Wildman–Crippen MR) is 93.5 cm³/mol. The van der Waals surface area contributed by atoms with Gasteiger partial charge in [-0.05, 0) is 62.4 Å². The van der Waals surface area contributed by atoms with Gasteiger partial charge >= 0.3 is 0 Å². The number of benzene rings is 1. The van der Waals surface area contributed by atoms with E-state index < -0.39 is 0 Å². The maximum absolute atomic E-state index is 12.0. The van der Waals surface area contributed by atoms with Crippen molar-refractivity contribution in [2.75, 3.05) is 7.11 Å². The van der Waals surface area contributed by atoms with Gasteiger partial charge in [-0.1, -0.05) is 17.3 Å². The Kier molecular flexibility index (Phi) is 6.67. The summed E-state index contributed by atoms with van der Waals surface area (Å²) >= 11 is 5.90. The number of hydrogen-bond donors (Lipinski definition) is 1. The molecule has 0 fully saturated rings. The quantitative estimate of drug-likeness (QED) is 0.788. The molecule has 0 aliphatic rings. The molecule has 0 aliphatic carbocycles. The maximum Gasteiger partial charge on any atom is 0.229 e. The molecular formula is C18H23ClN2O3. The van der Waals surface area contributed by atoms with Gasteiger partial charge in [0.1, 0.15) is 5.75 Å². The zero-order valence-corrected chi connectivity index (χ0v) is 15.0. The normalized spacial score (nSPS) is 12.0. The number of hydrogen-bond acceptors (Lipinski definition) is 4. The topological polar surface area (TPSA) is 64.4 Å². The van der Waals surface area contributed by atoms with E-state index in [4.69, 9.17) is 20.9 Å². The molecule has 0 saturated heterocycles. The van der Waals surface area contributed by atoms with E-state index in [1.54, 1.807) is 7.11 Å². The number of amides is 1. The number of halogens is 1. The fourth-order valence-corrected chi connectivity index (χ4v) is 2.74. The Labute approximate surface area is 147 Å². The van der Waals surface area contributed by atoms with Crippen LogP contribution in [-0.2, 0) is 17.6 Å². The lowest BCUT2D eigenvalue weighted by Crippen LogP contribution is -2.33. The minimum Gasteiger partial charge on any atom is -0.497 e. The van der Waals surface area contributed by atoms with E-state index in [0.717, 1.165) is 29.8 Å². The number of ether oxygens (including phenoxy) is 1. The van der Waals surface area contributed by atoms with Crippen LogP contribution in [-0.4, -0.2) is 24.2 Å². The van der Waals surface area contributed by atoms with Crippen LogP contribution in [0, 0.1) is 6.92 Å². The summed E-state index contributed by atoms with van der Waals surface area (Å²) in [7, 11) is 1.65. The van der Waals surface area contributed by atoms with Crippen molar-refractivity contribution in [2.24, 2.45) is 0 Å². The van der Waals surface area contributed by atoms with Crippen molar-refractivity contribution in [1.82, 2.24) is 10.5 Å². The molecule has 0 aliphatic heterocycles. The van der Waals surface area contributed by atoms with E-state index in [0.29, 0.717) is 12.8 Å². The summed E-state index contributed by atoms with van der Waals surface area (Å²) in [6.45, 7) is 3.83. The number of carbonyl (C=O) groups excluding carboxylic acids is 1. The first-order valence-corrected chi connectivity index (χ1v) is 8.40. The first-order chi connectivity index (χ1) is 11.5. The number of rotatable bonds is 8. The summed E-state index contributed by atoms with van der Waals surface area (Å²) in [4.78, 5) is 12.0. The van der Waals surface area contributed by atoms with E-state index in [-0.39, 0.29) is 17.2 Å². The lowest BCUT2D eigenvalue weighted by atomic mass is 10.1. The monoisotopic (exact) mass is 350 g/mol. The van der Waals surface area contributed by atoms with Crippen LogP contribution in [0.5, 0.6) is 5.75 Å². The van der Waals surface area contributed by atoms with Crippen LogP contribution >= 0.6 is 11.6 Å². The highest BCUT2D eigenvalue weighted by atomic mass is 35.5. The van der Waals surface area contributed by atoms with Gasteiger partial charge in [-0.3, -0.25) is 4.79 Å². The summed E-state index contributed by atoms with van der Waals surface area (Å²) in [6, 6.07) is 8.10. The van der Waals surface area contributed by atoms with E-state index in [1.807, 2.05) is 38.1 Å². The van der Waals surface area contributed by atoms with Crippen LogP contribution < -0.4 is 10.1 Å². The van der Waals surface area contributed by atoms with Gasteiger partial charge in [-0.2, -0.15) is 0 Å². The zero-order valence-electron chi connectivity index (χ0n) is 14.3. The minimum absolute atomic E-state index is 0.00824.